The highest BCUT2D eigenvalue weighted by Gasteiger charge is 2.30. The van der Waals surface area contributed by atoms with Gasteiger partial charge in [-0.25, -0.2) is 0 Å². The zero-order valence-corrected chi connectivity index (χ0v) is 11.8. The molecule has 2 fully saturated rings. The quantitative estimate of drug-likeness (QED) is 0.874. The summed E-state index contributed by atoms with van der Waals surface area (Å²) in [5.74, 6) is 0.607. The molecule has 0 radical (unpaired) electrons. The van der Waals surface area contributed by atoms with Crippen molar-refractivity contribution in [3.05, 3.63) is 22.4 Å². The predicted octanol–water partition coefficient (Wildman–Crippen LogP) is 2.05. The highest BCUT2D eigenvalue weighted by molar-refractivity contribution is 9.10. The maximum Gasteiger partial charge on any atom is 0.268 e. The van der Waals surface area contributed by atoms with Gasteiger partial charge in [0, 0.05) is 29.3 Å². The molecule has 1 atom stereocenters. The fourth-order valence-electron chi connectivity index (χ4n) is 2.27. The number of aromatic nitrogens is 1. The van der Waals surface area contributed by atoms with Crippen LogP contribution in [0, 0.1) is 5.92 Å². The van der Waals surface area contributed by atoms with Crippen molar-refractivity contribution in [3.8, 4) is 0 Å². The third kappa shape index (κ3) is 2.62. The number of nitrogens with two attached hydrogens (primary N) is 1. The van der Waals surface area contributed by atoms with E-state index in [9.17, 15) is 4.79 Å². The van der Waals surface area contributed by atoms with Crippen molar-refractivity contribution in [2.75, 3.05) is 6.54 Å². The first-order valence-corrected chi connectivity index (χ1v) is 7.35. The summed E-state index contributed by atoms with van der Waals surface area (Å²) >= 11 is 3.44. The zero-order valence-electron chi connectivity index (χ0n) is 10.2. The first kappa shape index (κ1) is 12.2. The van der Waals surface area contributed by atoms with Crippen LogP contribution in [0.25, 0.3) is 0 Å². The molecule has 0 saturated heterocycles. The Morgan fingerprint density at radius 3 is 2.83 bits per heavy atom. The number of amides is 1. The lowest BCUT2D eigenvalue weighted by Crippen LogP contribution is -2.39. The summed E-state index contributed by atoms with van der Waals surface area (Å²) in [4.78, 5) is 12.2. The number of rotatable bonds is 5. The Balaban J connectivity index is 1.63. The molecule has 1 amide bonds. The average molecular weight is 312 g/mol. The zero-order chi connectivity index (χ0) is 12.7. The van der Waals surface area contributed by atoms with E-state index in [2.05, 4.69) is 25.8 Å². The Morgan fingerprint density at radius 2 is 2.22 bits per heavy atom. The van der Waals surface area contributed by atoms with Crippen LogP contribution >= 0.6 is 15.9 Å². The highest BCUT2D eigenvalue weighted by Crippen LogP contribution is 2.37. The van der Waals surface area contributed by atoms with Crippen molar-refractivity contribution in [1.29, 1.82) is 0 Å². The van der Waals surface area contributed by atoms with E-state index in [1.54, 1.807) is 0 Å². The minimum atomic E-state index is -0.0105. The summed E-state index contributed by atoms with van der Waals surface area (Å²) in [7, 11) is 0. The van der Waals surface area contributed by atoms with Crippen molar-refractivity contribution >= 4 is 21.8 Å². The van der Waals surface area contributed by atoms with E-state index in [-0.39, 0.29) is 11.9 Å². The lowest BCUT2D eigenvalue weighted by atomic mass is 10.2. The maximum absolute atomic E-state index is 12.2. The third-order valence-electron chi connectivity index (χ3n) is 3.71. The summed E-state index contributed by atoms with van der Waals surface area (Å²) in [6.07, 6.45) is 6.75. The topological polar surface area (TPSA) is 60.0 Å². The molecule has 5 heteroatoms. The number of hydrogen-bond donors (Lipinski definition) is 2. The third-order valence-corrected chi connectivity index (χ3v) is 4.15. The van der Waals surface area contributed by atoms with Crippen molar-refractivity contribution in [1.82, 2.24) is 9.88 Å². The number of carbonyl (C=O) groups is 1. The van der Waals surface area contributed by atoms with Crippen LogP contribution in [-0.4, -0.2) is 23.1 Å². The summed E-state index contributed by atoms with van der Waals surface area (Å²) < 4.78 is 3.04. The molecule has 2 saturated carbocycles. The molecule has 2 aliphatic rings. The maximum atomic E-state index is 12.2. The Hall–Kier alpha value is -0.810. The molecule has 0 spiro atoms. The summed E-state index contributed by atoms with van der Waals surface area (Å²) in [6, 6.07) is 2.51. The molecule has 3 rings (SSSR count). The lowest BCUT2D eigenvalue weighted by molar-refractivity contribution is 0.0941. The van der Waals surface area contributed by atoms with Crippen LogP contribution in [0.1, 0.15) is 42.2 Å². The fraction of sp³-hybridized carbons (Fsp3) is 0.615. The van der Waals surface area contributed by atoms with E-state index in [4.69, 9.17) is 5.73 Å². The SMILES string of the molecule is NC(CNC(=O)c1cc(Br)cn1C1CC1)C1CC1. The van der Waals surface area contributed by atoms with E-state index in [0.717, 1.165) is 10.2 Å². The van der Waals surface area contributed by atoms with Gasteiger partial charge < -0.3 is 15.6 Å². The average Bonchev–Trinajstić information content (AvgIpc) is 3.23. The second-order valence-corrected chi connectivity index (χ2v) is 6.31. The number of nitrogens with zero attached hydrogens (tertiary/aromatic N) is 1. The van der Waals surface area contributed by atoms with Crippen LogP contribution < -0.4 is 11.1 Å². The first-order valence-electron chi connectivity index (χ1n) is 6.56. The Morgan fingerprint density at radius 1 is 1.50 bits per heavy atom. The van der Waals surface area contributed by atoms with Crippen molar-refractivity contribution in [2.24, 2.45) is 11.7 Å². The smallest absolute Gasteiger partial charge is 0.268 e. The van der Waals surface area contributed by atoms with E-state index in [1.807, 2.05) is 12.3 Å². The molecular formula is C13H18BrN3O. The molecule has 18 heavy (non-hydrogen) atoms. The van der Waals surface area contributed by atoms with Crippen LogP contribution in [-0.2, 0) is 0 Å². The molecule has 0 bridgehead atoms. The molecule has 1 heterocycles. The number of carbonyl (C=O) groups excluding carboxylic acids is 1. The van der Waals surface area contributed by atoms with Gasteiger partial charge in [-0.15, -0.1) is 0 Å². The van der Waals surface area contributed by atoms with Gasteiger partial charge in [-0.3, -0.25) is 4.79 Å². The van der Waals surface area contributed by atoms with Gasteiger partial charge in [-0.1, -0.05) is 0 Å². The van der Waals surface area contributed by atoms with Gasteiger partial charge in [0.15, 0.2) is 0 Å². The Bertz CT molecular complexity index is 463. The number of nitrogens with one attached hydrogen (secondary N) is 1. The molecule has 4 nitrogen and oxygen atoms in total. The van der Waals surface area contributed by atoms with E-state index in [1.165, 1.54) is 25.7 Å². The van der Waals surface area contributed by atoms with Gasteiger partial charge in [-0.05, 0) is 53.6 Å². The minimum absolute atomic E-state index is 0.0105. The molecular weight excluding hydrogens is 294 g/mol. The molecule has 1 aromatic rings. The lowest BCUT2D eigenvalue weighted by Gasteiger charge is -2.12. The normalized spacial score (nSPS) is 20.8. The highest BCUT2D eigenvalue weighted by atomic mass is 79.9. The monoisotopic (exact) mass is 311 g/mol. The number of hydrogen-bond acceptors (Lipinski definition) is 2. The molecule has 1 aromatic heterocycles. The summed E-state index contributed by atoms with van der Waals surface area (Å²) in [5.41, 5.74) is 6.73. The largest absolute Gasteiger partial charge is 0.349 e. The number of halogens is 1. The fourth-order valence-corrected chi connectivity index (χ4v) is 2.71. The summed E-state index contributed by atoms with van der Waals surface area (Å²) in [6.45, 7) is 0.580. The molecule has 0 aliphatic heterocycles. The Kier molecular flexibility index (Phi) is 3.20. The van der Waals surface area contributed by atoms with Crippen molar-refractivity contribution in [3.63, 3.8) is 0 Å². The van der Waals surface area contributed by atoms with Crippen LogP contribution in [0.3, 0.4) is 0 Å². The van der Waals surface area contributed by atoms with Crippen molar-refractivity contribution in [2.45, 2.75) is 37.8 Å². The minimum Gasteiger partial charge on any atom is -0.349 e. The second kappa shape index (κ2) is 4.70. The van der Waals surface area contributed by atoms with Crippen LogP contribution in [0.2, 0.25) is 0 Å². The Labute approximate surface area is 115 Å². The van der Waals surface area contributed by atoms with Crippen LogP contribution in [0.15, 0.2) is 16.7 Å². The van der Waals surface area contributed by atoms with Gasteiger partial charge in [-0.2, -0.15) is 0 Å². The van der Waals surface area contributed by atoms with E-state index in [0.29, 0.717) is 18.5 Å². The van der Waals surface area contributed by atoms with E-state index >= 15 is 0 Å². The molecule has 98 valence electrons. The van der Waals surface area contributed by atoms with Crippen molar-refractivity contribution < 1.29 is 4.79 Å². The first-order chi connectivity index (χ1) is 8.65. The van der Waals surface area contributed by atoms with Gasteiger partial charge in [0.2, 0.25) is 0 Å². The predicted molar refractivity (Wildman–Crippen MR) is 73.4 cm³/mol. The second-order valence-electron chi connectivity index (χ2n) is 5.39. The molecule has 0 aromatic carbocycles. The van der Waals surface area contributed by atoms with Gasteiger partial charge >= 0.3 is 0 Å². The van der Waals surface area contributed by atoms with Crippen LogP contribution in [0.5, 0.6) is 0 Å². The molecule has 3 N–H and O–H groups in total. The van der Waals surface area contributed by atoms with Gasteiger partial charge in [0.05, 0.1) is 0 Å². The van der Waals surface area contributed by atoms with Gasteiger partial charge in [0.1, 0.15) is 5.69 Å². The standard InChI is InChI=1S/C13H18BrN3O/c14-9-5-12(17(7-9)10-3-4-10)13(18)16-6-11(15)8-1-2-8/h5,7-8,10-11H,1-4,6,15H2,(H,16,18). The van der Waals surface area contributed by atoms with Crippen LogP contribution in [0.4, 0.5) is 0 Å². The molecule has 2 aliphatic carbocycles. The van der Waals surface area contributed by atoms with E-state index < -0.39 is 0 Å². The summed E-state index contributed by atoms with van der Waals surface area (Å²) in [5, 5.41) is 2.95. The molecule has 1 unspecified atom stereocenters. The van der Waals surface area contributed by atoms with Gasteiger partial charge in [0.25, 0.3) is 5.91 Å².